The fourth-order valence-electron chi connectivity index (χ4n) is 1.19. The Bertz CT molecular complexity index is 175. The van der Waals surface area contributed by atoms with E-state index in [-0.39, 0.29) is 5.97 Å². The van der Waals surface area contributed by atoms with Crippen molar-refractivity contribution in [3.63, 3.8) is 0 Å². The van der Waals surface area contributed by atoms with E-state index in [0.717, 1.165) is 25.7 Å². The largest absolute Gasteiger partial charge is 0.469 e. The number of carbonyl (C=O) groups is 2. The fraction of sp³-hybridized carbons (Fsp3) is 0.818. The predicted molar refractivity (Wildman–Crippen MR) is 55.0 cm³/mol. The van der Waals surface area contributed by atoms with Crippen molar-refractivity contribution in [2.75, 3.05) is 7.11 Å². The molecule has 0 N–H and O–H groups in total. The van der Waals surface area contributed by atoms with E-state index in [0.29, 0.717) is 25.0 Å². The summed E-state index contributed by atoms with van der Waals surface area (Å²) in [5.74, 6) is 0.128. The monoisotopic (exact) mass is 200 g/mol. The van der Waals surface area contributed by atoms with E-state index < -0.39 is 0 Å². The van der Waals surface area contributed by atoms with E-state index >= 15 is 0 Å². The van der Waals surface area contributed by atoms with Crippen molar-refractivity contribution >= 4 is 11.8 Å². The lowest BCUT2D eigenvalue weighted by molar-refractivity contribution is -0.140. The molecule has 0 amide bonds. The summed E-state index contributed by atoms with van der Waals surface area (Å²) in [6.07, 6.45) is 5.33. The second kappa shape index (κ2) is 8.73. The Hall–Kier alpha value is -0.860. The van der Waals surface area contributed by atoms with Crippen LogP contribution in [0.3, 0.4) is 0 Å². The molecule has 0 unspecified atom stereocenters. The van der Waals surface area contributed by atoms with Crippen LogP contribution in [0.2, 0.25) is 0 Å². The molecule has 0 aliphatic heterocycles. The van der Waals surface area contributed by atoms with Crippen LogP contribution in [0, 0.1) is 0 Å². The van der Waals surface area contributed by atoms with E-state index in [2.05, 4.69) is 11.7 Å². The van der Waals surface area contributed by atoms with Gasteiger partial charge in [-0.3, -0.25) is 9.59 Å². The van der Waals surface area contributed by atoms with Crippen molar-refractivity contribution < 1.29 is 14.3 Å². The lowest BCUT2D eigenvalue weighted by Crippen LogP contribution is -2.01. The quantitative estimate of drug-likeness (QED) is 0.446. The second-order valence-electron chi connectivity index (χ2n) is 3.43. The number of ketones is 1. The van der Waals surface area contributed by atoms with Crippen molar-refractivity contribution in [1.82, 2.24) is 0 Å². The van der Waals surface area contributed by atoms with E-state index in [1.165, 1.54) is 7.11 Å². The van der Waals surface area contributed by atoms with E-state index in [1.54, 1.807) is 0 Å². The van der Waals surface area contributed by atoms with Crippen molar-refractivity contribution in [2.24, 2.45) is 0 Å². The Kier molecular flexibility index (Phi) is 8.19. The number of hydrogen-bond acceptors (Lipinski definition) is 3. The van der Waals surface area contributed by atoms with Crippen molar-refractivity contribution in [3.05, 3.63) is 0 Å². The highest BCUT2D eigenvalue weighted by atomic mass is 16.5. The van der Waals surface area contributed by atoms with E-state index in [9.17, 15) is 9.59 Å². The highest BCUT2D eigenvalue weighted by Crippen LogP contribution is 2.05. The van der Waals surface area contributed by atoms with Crippen LogP contribution in [0.5, 0.6) is 0 Å². The van der Waals surface area contributed by atoms with Gasteiger partial charge < -0.3 is 4.74 Å². The molecule has 0 spiro atoms. The molecule has 14 heavy (non-hydrogen) atoms. The minimum atomic E-state index is -0.189. The number of Topliss-reactive ketones (excluding diaryl/α,β-unsaturated/α-hetero) is 1. The van der Waals surface area contributed by atoms with Gasteiger partial charge in [-0.05, 0) is 19.3 Å². The third-order valence-corrected chi connectivity index (χ3v) is 2.12. The van der Waals surface area contributed by atoms with Crippen LogP contribution in [0.25, 0.3) is 0 Å². The Morgan fingerprint density at radius 2 is 1.57 bits per heavy atom. The Morgan fingerprint density at radius 3 is 2.14 bits per heavy atom. The molecule has 82 valence electrons. The Labute approximate surface area is 85.8 Å². The van der Waals surface area contributed by atoms with Crippen LogP contribution < -0.4 is 0 Å². The van der Waals surface area contributed by atoms with Gasteiger partial charge in [0, 0.05) is 19.3 Å². The zero-order valence-corrected chi connectivity index (χ0v) is 9.17. The Balaban J connectivity index is 3.27. The van der Waals surface area contributed by atoms with Crippen LogP contribution in [-0.4, -0.2) is 18.9 Å². The molecular weight excluding hydrogens is 180 g/mol. The average molecular weight is 200 g/mol. The molecule has 0 saturated heterocycles. The number of rotatable bonds is 8. The summed E-state index contributed by atoms with van der Waals surface area (Å²) in [6.45, 7) is 2.07. The maximum atomic E-state index is 11.2. The van der Waals surface area contributed by atoms with Crippen molar-refractivity contribution in [3.8, 4) is 0 Å². The summed E-state index contributed by atoms with van der Waals surface area (Å²) < 4.78 is 4.50. The molecular formula is C11H20O3. The topological polar surface area (TPSA) is 43.4 Å². The summed E-state index contributed by atoms with van der Waals surface area (Å²) in [5.41, 5.74) is 0. The van der Waals surface area contributed by atoms with Crippen LogP contribution >= 0.6 is 0 Å². The predicted octanol–water partition coefficient (Wildman–Crippen LogP) is 2.48. The third kappa shape index (κ3) is 7.77. The Morgan fingerprint density at radius 1 is 1.00 bits per heavy atom. The number of hydrogen-bond donors (Lipinski definition) is 0. The van der Waals surface area contributed by atoms with E-state index in [4.69, 9.17) is 0 Å². The number of esters is 1. The van der Waals surface area contributed by atoms with Crippen molar-refractivity contribution in [2.45, 2.75) is 51.9 Å². The van der Waals surface area contributed by atoms with Gasteiger partial charge in [0.25, 0.3) is 0 Å². The number of methoxy groups -OCH3 is 1. The molecule has 0 saturated carbocycles. The first kappa shape index (κ1) is 13.1. The maximum Gasteiger partial charge on any atom is 0.305 e. The molecule has 0 aliphatic carbocycles. The maximum absolute atomic E-state index is 11.2. The number of unbranched alkanes of at least 4 members (excludes halogenated alkanes) is 2. The zero-order chi connectivity index (χ0) is 10.8. The molecule has 0 bridgehead atoms. The molecule has 0 fully saturated rings. The summed E-state index contributed by atoms with van der Waals surface area (Å²) in [7, 11) is 1.38. The average Bonchev–Trinajstić information content (AvgIpc) is 2.21. The number of carbonyl (C=O) groups excluding carboxylic acids is 2. The first-order valence-electron chi connectivity index (χ1n) is 5.29. The van der Waals surface area contributed by atoms with Gasteiger partial charge in [0.2, 0.25) is 0 Å². The summed E-state index contributed by atoms with van der Waals surface area (Å²) >= 11 is 0. The molecule has 0 rings (SSSR count). The molecule has 0 atom stereocenters. The lowest BCUT2D eigenvalue weighted by atomic mass is 10.1. The third-order valence-electron chi connectivity index (χ3n) is 2.12. The molecule has 0 aromatic heterocycles. The highest BCUT2D eigenvalue weighted by molar-refractivity contribution is 5.78. The molecule has 0 aromatic carbocycles. The standard InChI is InChI=1S/C11H20O3/c1-3-4-7-10(12)8-5-6-9-11(13)14-2/h3-9H2,1-2H3. The van der Waals surface area contributed by atoms with Gasteiger partial charge in [-0.2, -0.15) is 0 Å². The van der Waals surface area contributed by atoms with Crippen LogP contribution in [0.4, 0.5) is 0 Å². The fourth-order valence-corrected chi connectivity index (χ4v) is 1.19. The van der Waals surface area contributed by atoms with Crippen LogP contribution in [0.1, 0.15) is 51.9 Å². The molecule has 3 heteroatoms. The lowest BCUT2D eigenvalue weighted by Gasteiger charge is -2.00. The minimum Gasteiger partial charge on any atom is -0.469 e. The summed E-state index contributed by atoms with van der Waals surface area (Å²) in [5, 5.41) is 0. The van der Waals surface area contributed by atoms with Gasteiger partial charge in [0.15, 0.2) is 0 Å². The first-order valence-corrected chi connectivity index (χ1v) is 5.29. The number of ether oxygens (including phenoxy) is 1. The second-order valence-corrected chi connectivity index (χ2v) is 3.43. The van der Waals surface area contributed by atoms with Crippen LogP contribution in [0.15, 0.2) is 0 Å². The van der Waals surface area contributed by atoms with Crippen molar-refractivity contribution in [1.29, 1.82) is 0 Å². The zero-order valence-electron chi connectivity index (χ0n) is 9.17. The summed E-state index contributed by atoms with van der Waals surface area (Å²) in [6, 6.07) is 0. The smallest absolute Gasteiger partial charge is 0.305 e. The van der Waals surface area contributed by atoms with Crippen LogP contribution in [-0.2, 0) is 14.3 Å². The van der Waals surface area contributed by atoms with Gasteiger partial charge in [-0.25, -0.2) is 0 Å². The molecule has 0 aliphatic rings. The van der Waals surface area contributed by atoms with Gasteiger partial charge in [-0.1, -0.05) is 13.3 Å². The van der Waals surface area contributed by atoms with Gasteiger partial charge in [0.1, 0.15) is 5.78 Å². The highest BCUT2D eigenvalue weighted by Gasteiger charge is 2.03. The van der Waals surface area contributed by atoms with E-state index in [1.807, 2.05) is 0 Å². The van der Waals surface area contributed by atoms with Gasteiger partial charge in [0.05, 0.1) is 7.11 Å². The molecule has 0 radical (unpaired) electrons. The normalized spacial score (nSPS) is 9.86. The minimum absolute atomic E-state index is 0.189. The van der Waals surface area contributed by atoms with Gasteiger partial charge in [-0.15, -0.1) is 0 Å². The summed E-state index contributed by atoms with van der Waals surface area (Å²) in [4.78, 5) is 21.9. The first-order chi connectivity index (χ1) is 6.70. The van der Waals surface area contributed by atoms with Gasteiger partial charge >= 0.3 is 5.97 Å². The SMILES string of the molecule is CCCCC(=O)CCCCC(=O)OC. The molecule has 0 heterocycles. The molecule has 0 aromatic rings. The molecule has 3 nitrogen and oxygen atoms in total.